The lowest BCUT2D eigenvalue weighted by Gasteiger charge is -2.33. The van der Waals surface area contributed by atoms with Crippen LogP contribution in [0.5, 0.6) is 11.5 Å². The van der Waals surface area contributed by atoms with Gasteiger partial charge in [-0.25, -0.2) is 0 Å². The van der Waals surface area contributed by atoms with Crippen molar-refractivity contribution in [1.29, 1.82) is 0 Å². The number of ether oxygens (including phenoxy) is 2. The maximum atomic E-state index is 14.0. The number of rotatable bonds is 9. The molecule has 1 heterocycles. The van der Waals surface area contributed by atoms with E-state index in [1.165, 1.54) is 16.8 Å². The zero-order valence-electron chi connectivity index (χ0n) is 23.9. The van der Waals surface area contributed by atoms with Crippen LogP contribution in [0.25, 0.3) is 11.4 Å². The van der Waals surface area contributed by atoms with E-state index in [1.54, 1.807) is 49.6 Å². The second kappa shape index (κ2) is 12.4. The van der Waals surface area contributed by atoms with E-state index in [4.69, 9.17) is 21.1 Å². The minimum atomic E-state index is -0.975. The summed E-state index contributed by atoms with van der Waals surface area (Å²) in [5, 5.41) is 16.2. The maximum Gasteiger partial charge on any atom is 0.251 e. The van der Waals surface area contributed by atoms with Crippen LogP contribution in [-0.2, 0) is 16.1 Å². The molecule has 0 radical (unpaired) electrons. The third kappa shape index (κ3) is 7.20. The van der Waals surface area contributed by atoms with Crippen molar-refractivity contribution in [3.8, 4) is 22.9 Å². The van der Waals surface area contributed by atoms with Crippen molar-refractivity contribution in [2.45, 2.75) is 45.8 Å². The van der Waals surface area contributed by atoms with Crippen molar-refractivity contribution >= 4 is 29.1 Å². The molecule has 214 valence electrons. The Labute approximate surface area is 244 Å². The number of amides is 2. The van der Waals surface area contributed by atoms with Gasteiger partial charge in [0.2, 0.25) is 11.7 Å². The minimum Gasteiger partial charge on any atom is -0.493 e. The Morgan fingerprint density at radius 2 is 1.63 bits per heavy atom. The fourth-order valence-electron chi connectivity index (χ4n) is 4.24. The fraction of sp³-hybridized carbons (Fsp3) is 0.300. The van der Waals surface area contributed by atoms with Crippen LogP contribution in [-0.4, -0.2) is 51.8 Å². The number of halogens is 1. The number of carbonyl (C=O) groups is 2. The number of carbonyl (C=O) groups excluding carboxylic acids is 2. The van der Waals surface area contributed by atoms with E-state index in [1.807, 2.05) is 52.0 Å². The van der Waals surface area contributed by atoms with Crippen molar-refractivity contribution < 1.29 is 19.1 Å². The molecule has 0 saturated heterocycles. The molecule has 1 aromatic heterocycles. The van der Waals surface area contributed by atoms with Gasteiger partial charge in [-0.3, -0.25) is 14.5 Å². The number of hydrogen-bond donors (Lipinski definition) is 1. The largest absolute Gasteiger partial charge is 0.493 e. The van der Waals surface area contributed by atoms with E-state index in [9.17, 15) is 9.59 Å². The number of benzene rings is 3. The van der Waals surface area contributed by atoms with E-state index in [-0.39, 0.29) is 12.5 Å². The van der Waals surface area contributed by atoms with Crippen molar-refractivity contribution in [2.24, 2.45) is 0 Å². The molecule has 0 aliphatic heterocycles. The first-order chi connectivity index (χ1) is 19.5. The van der Waals surface area contributed by atoms with Gasteiger partial charge in [0, 0.05) is 21.8 Å². The summed E-state index contributed by atoms with van der Waals surface area (Å²) in [6.45, 7) is 7.36. The molecule has 0 aliphatic carbocycles. The predicted octanol–water partition coefficient (Wildman–Crippen LogP) is 5.01. The van der Waals surface area contributed by atoms with Gasteiger partial charge in [-0.15, -0.1) is 10.2 Å². The van der Waals surface area contributed by atoms with Crippen LogP contribution in [0.1, 0.15) is 37.9 Å². The topological polar surface area (TPSA) is 111 Å². The van der Waals surface area contributed by atoms with Gasteiger partial charge in [0.15, 0.2) is 11.5 Å². The van der Waals surface area contributed by atoms with E-state index >= 15 is 0 Å². The molecular formula is C30H33ClN6O4. The molecule has 0 unspecified atom stereocenters. The molecule has 0 aliphatic rings. The molecule has 0 fully saturated rings. The van der Waals surface area contributed by atoms with Crippen LogP contribution in [0.3, 0.4) is 0 Å². The Bertz CT molecular complexity index is 1510. The van der Waals surface area contributed by atoms with E-state index < -0.39 is 17.5 Å². The lowest BCUT2D eigenvalue weighted by Crippen LogP contribution is -2.50. The zero-order valence-corrected chi connectivity index (χ0v) is 24.6. The first-order valence-electron chi connectivity index (χ1n) is 13.0. The normalized spacial score (nSPS) is 12.0. The first-order valence-corrected chi connectivity index (χ1v) is 13.3. The number of methoxy groups -OCH3 is 2. The summed E-state index contributed by atoms with van der Waals surface area (Å²) in [6.07, 6.45) is 0. The first kappa shape index (κ1) is 29.5. The van der Waals surface area contributed by atoms with Crippen LogP contribution < -0.4 is 19.7 Å². The Kier molecular flexibility index (Phi) is 8.92. The number of aryl methyl sites for hydroxylation is 1. The van der Waals surface area contributed by atoms with E-state index in [2.05, 4.69) is 20.7 Å². The Morgan fingerprint density at radius 1 is 0.976 bits per heavy atom. The molecule has 10 nitrogen and oxygen atoms in total. The van der Waals surface area contributed by atoms with Crippen LogP contribution in [0.4, 0.5) is 5.69 Å². The van der Waals surface area contributed by atoms with Crippen LogP contribution in [0, 0.1) is 6.92 Å². The van der Waals surface area contributed by atoms with Crippen LogP contribution in [0.2, 0.25) is 5.02 Å². The molecular weight excluding hydrogens is 544 g/mol. The monoisotopic (exact) mass is 576 g/mol. The summed E-state index contributed by atoms with van der Waals surface area (Å²) in [5.74, 6) is 0.628. The van der Waals surface area contributed by atoms with Gasteiger partial charge < -0.3 is 14.8 Å². The molecule has 11 heteroatoms. The van der Waals surface area contributed by atoms with Gasteiger partial charge in [-0.1, -0.05) is 41.4 Å². The van der Waals surface area contributed by atoms with Gasteiger partial charge in [-0.05, 0) is 80.9 Å². The van der Waals surface area contributed by atoms with Crippen molar-refractivity contribution in [2.75, 3.05) is 19.1 Å². The lowest BCUT2D eigenvalue weighted by molar-refractivity contribution is -0.128. The Morgan fingerprint density at radius 3 is 2.24 bits per heavy atom. The van der Waals surface area contributed by atoms with Gasteiger partial charge >= 0.3 is 0 Å². The number of nitrogens with zero attached hydrogens (tertiary/aromatic N) is 5. The summed E-state index contributed by atoms with van der Waals surface area (Å²) >= 11 is 6.16. The molecule has 3 aromatic carbocycles. The molecule has 2 amide bonds. The summed E-state index contributed by atoms with van der Waals surface area (Å²) in [4.78, 5) is 30.5. The van der Waals surface area contributed by atoms with Gasteiger partial charge in [-0.2, -0.15) is 4.80 Å². The van der Waals surface area contributed by atoms with Crippen molar-refractivity contribution in [3.63, 3.8) is 0 Å². The SMILES string of the molecule is COc1ccc(-c2nnn(CC(=O)N(c3ccc(Cl)cc3)[C@H](C(=O)NC(C)(C)C)c3ccc(C)cc3)n2)cc1OC. The predicted molar refractivity (Wildman–Crippen MR) is 157 cm³/mol. The number of hydrogen-bond acceptors (Lipinski definition) is 7. The Balaban J connectivity index is 1.72. The summed E-state index contributed by atoms with van der Waals surface area (Å²) in [7, 11) is 3.09. The van der Waals surface area contributed by atoms with E-state index in [0.717, 1.165) is 5.56 Å². The average molecular weight is 577 g/mol. The standard InChI is InChI=1S/C30H33ClN6O4/c1-19-7-9-20(10-8-19)27(29(39)32-30(2,3)4)37(23-14-12-22(31)13-15-23)26(38)18-36-34-28(33-35-36)21-11-16-24(40-5)25(17-21)41-6/h7-17,27H,18H2,1-6H3,(H,32,39)/t27-/m0/s1. The van der Waals surface area contributed by atoms with Crippen molar-refractivity contribution in [3.05, 3.63) is 82.9 Å². The number of nitrogens with one attached hydrogen (secondary N) is 1. The number of tetrazole rings is 1. The zero-order chi connectivity index (χ0) is 29.7. The second-order valence-corrected chi connectivity index (χ2v) is 10.9. The van der Waals surface area contributed by atoms with Crippen LogP contribution in [0.15, 0.2) is 66.7 Å². The summed E-state index contributed by atoms with van der Waals surface area (Å²) < 4.78 is 10.7. The molecule has 0 spiro atoms. The fourth-order valence-corrected chi connectivity index (χ4v) is 4.37. The quantitative estimate of drug-likeness (QED) is 0.298. The molecule has 4 aromatic rings. The molecule has 4 rings (SSSR count). The van der Waals surface area contributed by atoms with Gasteiger partial charge in [0.25, 0.3) is 5.91 Å². The summed E-state index contributed by atoms with van der Waals surface area (Å²) in [6, 6.07) is 18.5. The third-order valence-electron chi connectivity index (χ3n) is 6.14. The highest BCUT2D eigenvalue weighted by Crippen LogP contribution is 2.32. The highest BCUT2D eigenvalue weighted by molar-refractivity contribution is 6.30. The van der Waals surface area contributed by atoms with E-state index in [0.29, 0.717) is 39.2 Å². The molecule has 0 bridgehead atoms. The second-order valence-electron chi connectivity index (χ2n) is 10.5. The minimum absolute atomic E-state index is 0.270. The van der Waals surface area contributed by atoms with Gasteiger partial charge in [0.1, 0.15) is 12.6 Å². The lowest BCUT2D eigenvalue weighted by atomic mass is 9.99. The number of anilines is 1. The third-order valence-corrected chi connectivity index (χ3v) is 6.39. The molecule has 41 heavy (non-hydrogen) atoms. The molecule has 1 N–H and O–H groups in total. The van der Waals surface area contributed by atoms with Gasteiger partial charge in [0.05, 0.1) is 14.2 Å². The summed E-state index contributed by atoms with van der Waals surface area (Å²) in [5.41, 5.74) is 2.28. The molecule has 1 atom stereocenters. The van der Waals surface area contributed by atoms with Crippen LogP contribution >= 0.6 is 11.6 Å². The highest BCUT2D eigenvalue weighted by Gasteiger charge is 2.35. The Hall–Kier alpha value is -4.44. The number of aromatic nitrogens is 4. The highest BCUT2D eigenvalue weighted by atomic mass is 35.5. The molecule has 0 saturated carbocycles. The average Bonchev–Trinajstić information content (AvgIpc) is 3.40. The maximum absolute atomic E-state index is 14.0. The van der Waals surface area contributed by atoms with Crippen molar-refractivity contribution in [1.82, 2.24) is 25.5 Å². The smallest absolute Gasteiger partial charge is 0.251 e.